The van der Waals surface area contributed by atoms with Crippen LogP contribution in [0, 0.1) is 5.82 Å². The Bertz CT molecular complexity index is 367. The number of nitrogens with one attached hydrogen (secondary N) is 1. The first kappa shape index (κ1) is 12.6. The lowest BCUT2D eigenvalue weighted by molar-refractivity contribution is 0.513. The second-order valence-corrected chi connectivity index (χ2v) is 5.54. The Kier molecular flexibility index (Phi) is 4.59. The summed E-state index contributed by atoms with van der Waals surface area (Å²) in [6.45, 7) is 2.72. The van der Waals surface area contributed by atoms with Crippen LogP contribution in [0.15, 0.2) is 11.2 Å². The van der Waals surface area contributed by atoms with E-state index in [4.69, 9.17) is 0 Å². The molecule has 0 aromatic carbocycles. The van der Waals surface area contributed by atoms with E-state index in [-0.39, 0.29) is 5.82 Å². The van der Waals surface area contributed by atoms with E-state index in [0.29, 0.717) is 16.2 Å². The second kappa shape index (κ2) is 6.19. The van der Waals surface area contributed by atoms with Gasteiger partial charge in [-0.2, -0.15) is 0 Å². The lowest BCUT2D eigenvalue weighted by Gasteiger charge is -2.20. The van der Waals surface area contributed by atoms with Crippen LogP contribution < -0.4 is 5.32 Å². The third kappa shape index (κ3) is 3.56. The maximum atomic E-state index is 13.6. The molecule has 94 valence electrons. The van der Waals surface area contributed by atoms with Crippen molar-refractivity contribution in [3.63, 3.8) is 0 Å². The highest BCUT2D eigenvalue weighted by Gasteiger charge is 2.18. The lowest BCUT2D eigenvalue weighted by Crippen LogP contribution is -2.10. The van der Waals surface area contributed by atoms with Crippen molar-refractivity contribution in [1.82, 2.24) is 9.97 Å². The molecule has 1 aromatic heterocycles. The maximum Gasteiger partial charge on any atom is 0.223 e. The van der Waals surface area contributed by atoms with Gasteiger partial charge < -0.3 is 5.32 Å². The summed E-state index contributed by atoms with van der Waals surface area (Å²) >= 11 is 1.57. The normalized spacial score (nSPS) is 17.1. The fourth-order valence-electron chi connectivity index (χ4n) is 2.02. The lowest BCUT2D eigenvalue weighted by atomic mass is 10.0. The van der Waals surface area contributed by atoms with E-state index in [1.54, 1.807) is 11.8 Å². The van der Waals surface area contributed by atoms with E-state index in [9.17, 15) is 4.39 Å². The van der Waals surface area contributed by atoms with Crippen LogP contribution in [0.5, 0.6) is 0 Å². The first-order valence-electron chi connectivity index (χ1n) is 6.22. The molecule has 0 spiro atoms. The largest absolute Gasteiger partial charge is 0.354 e. The number of nitrogens with zero attached hydrogens (tertiary/aromatic N) is 2. The molecule has 0 atom stereocenters. The summed E-state index contributed by atoms with van der Waals surface area (Å²) in [7, 11) is 0. The first-order chi connectivity index (χ1) is 8.29. The summed E-state index contributed by atoms with van der Waals surface area (Å²) in [5.74, 6) is 0.217. The van der Waals surface area contributed by atoms with E-state index in [2.05, 4.69) is 15.3 Å². The number of rotatable bonds is 4. The van der Waals surface area contributed by atoms with Crippen molar-refractivity contribution < 1.29 is 4.39 Å². The van der Waals surface area contributed by atoms with Gasteiger partial charge in [0.25, 0.3) is 0 Å². The number of anilines is 1. The molecule has 17 heavy (non-hydrogen) atoms. The van der Waals surface area contributed by atoms with Crippen LogP contribution in [0.4, 0.5) is 10.3 Å². The molecule has 1 aliphatic rings. The van der Waals surface area contributed by atoms with Gasteiger partial charge in [0.15, 0.2) is 5.82 Å². The molecule has 0 radical (unpaired) electrons. The van der Waals surface area contributed by atoms with Gasteiger partial charge in [0.1, 0.15) is 5.03 Å². The van der Waals surface area contributed by atoms with Crippen molar-refractivity contribution in [3.05, 3.63) is 12.0 Å². The molecule has 0 amide bonds. The molecule has 0 bridgehead atoms. The van der Waals surface area contributed by atoms with Crippen LogP contribution in [0.3, 0.4) is 0 Å². The third-order valence-corrected chi connectivity index (χ3v) is 4.19. The van der Waals surface area contributed by atoms with Crippen LogP contribution >= 0.6 is 11.8 Å². The fraction of sp³-hybridized carbons (Fsp3) is 0.667. The molecular formula is C12H18FN3S. The summed E-state index contributed by atoms with van der Waals surface area (Å²) in [6, 6.07) is 0. The number of hydrogen-bond donors (Lipinski definition) is 1. The molecule has 0 unspecified atom stereocenters. The maximum absolute atomic E-state index is 13.6. The second-order valence-electron chi connectivity index (χ2n) is 4.25. The van der Waals surface area contributed by atoms with Crippen LogP contribution in [0.2, 0.25) is 0 Å². The van der Waals surface area contributed by atoms with Crippen LogP contribution in [-0.4, -0.2) is 21.8 Å². The zero-order valence-corrected chi connectivity index (χ0v) is 10.9. The third-order valence-electron chi connectivity index (χ3n) is 2.88. The van der Waals surface area contributed by atoms with Gasteiger partial charge in [0, 0.05) is 11.8 Å². The van der Waals surface area contributed by atoms with Gasteiger partial charge in [-0.1, -0.05) is 31.0 Å². The minimum Gasteiger partial charge on any atom is -0.354 e. The van der Waals surface area contributed by atoms with Crippen molar-refractivity contribution in [2.75, 3.05) is 11.9 Å². The molecule has 1 aliphatic carbocycles. The Balaban J connectivity index is 2.04. The number of aromatic nitrogens is 2. The van der Waals surface area contributed by atoms with Crippen LogP contribution in [0.1, 0.15) is 39.0 Å². The highest BCUT2D eigenvalue weighted by molar-refractivity contribution is 7.99. The minimum atomic E-state index is -0.303. The SMILES string of the molecule is CCNc1ncc(F)c(SC2CCCCC2)n1. The van der Waals surface area contributed by atoms with Gasteiger partial charge in [-0.15, -0.1) is 0 Å². The summed E-state index contributed by atoms with van der Waals surface area (Å²) < 4.78 is 13.6. The molecule has 1 heterocycles. The summed E-state index contributed by atoms with van der Waals surface area (Å²) in [4.78, 5) is 8.13. The van der Waals surface area contributed by atoms with Gasteiger partial charge in [-0.25, -0.2) is 14.4 Å². The van der Waals surface area contributed by atoms with Crippen molar-refractivity contribution >= 4 is 17.7 Å². The zero-order chi connectivity index (χ0) is 12.1. The molecule has 1 fully saturated rings. The minimum absolute atomic E-state index is 0.303. The Morgan fingerprint density at radius 2 is 2.18 bits per heavy atom. The molecular weight excluding hydrogens is 237 g/mol. The predicted octanol–water partition coefficient (Wildman–Crippen LogP) is 3.47. The Morgan fingerprint density at radius 1 is 1.41 bits per heavy atom. The highest BCUT2D eigenvalue weighted by atomic mass is 32.2. The van der Waals surface area contributed by atoms with Gasteiger partial charge in [-0.05, 0) is 19.8 Å². The Labute approximate surface area is 106 Å². The van der Waals surface area contributed by atoms with Crippen LogP contribution in [0.25, 0.3) is 0 Å². The van der Waals surface area contributed by atoms with Gasteiger partial charge in [-0.3, -0.25) is 0 Å². The molecule has 1 N–H and O–H groups in total. The van der Waals surface area contributed by atoms with Crippen LogP contribution in [-0.2, 0) is 0 Å². The van der Waals surface area contributed by atoms with Crippen molar-refractivity contribution in [2.24, 2.45) is 0 Å². The molecule has 2 rings (SSSR count). The number of halogens is 1. The molecule has 3 nitrogen and oxygen atoms in total. The number of thioether (sulfide) groups is 1. The van der Waals surface area contributed by atoms with Crippen molar-refractivity contribution in [3.8, 4) is 0 Å². The zero-order valence-electron chi connectivity index (χ0n) is 10.1. The molecule has 1 saturated carbocycles. The highest BCUT2D eigenvalue weighted by Crippen LogP contribution is 2.33. The van der Waals surface area contributed by atoms with Crippen molar-refractivity contribution in [2.45, 2.75) is 49.3 Å². The summed E-state index contributed by atoms with van der Waals surface area (Å²) in [5.41, 5.74) is 0. The first-order valence-corrected chi connectivity index (χ1v) is 7.10. The smallest absolute Gasteiger partial charge is 0.223 e. The molecule has 1 aromatic rings. The Hall–Kier alpha value is -0.840. The van der Waals surface area contributed by atoms with Gasteiger partial charge in [0.05, 0.1) is 6.20 Å². The van der Waals surface area contributed by atoms with E-state index < -0.39 is 0 Å². The average Bonchev–Trinajstić information content (AvgIpc) is 2.35. The quantitative estimate of drug-likeness (QED) is 0.836. The van der Waals surface area contributed by atoms with E-state index in [1.807, 2.05) is 6.92 Å². The molecule has 0 saturated heterocycles. The summed E-state index contributed by atoms with van der Waals surface area (Å²) in [6.07, 6.45) is 7.42. The standard InChI is InChI=1S/C12H18FN3S/c1-2-14-12-15-8-10(13)11(16-12)17-9-6-4-3-5-7-9/h8-9H,2-7H2,1H3,(H,14,15,16). The average molecular weight is 255 g/mol. The topological polar surface area (TPSA) is 37.8 Å². The fourth-order valence-corrected chi connectivity index (χ4v) is 3.21. The number of hydrogen-bond acceptors (Lipinski definition) is 4. The van der Waals surface area contributed by atoms with Gasteiger partial charge in [0.2, 0.25) is 5.95 Å². The van der Waals surface area contributed by atoms with E-state index in [0.717, 1.165) is 6.54 Å². The molecule has 5 heteroatoms. The van der Waals surface area contributed by atoms with E-state index in [1.165, 1.54) is 38.3 Å². The summed E-state index contributed by atoms with van der Waals surface area (Å²) in [5, 5.41) is 4.02. The molecule has 0 aliphatic heterocycles. The van der Waals surface area contributed by atoms with Crippen molar-refractivity contribution in [1.29, 1.82) is 0 Å². The monoisotopic (exact) mass is 255 g/mol. The van der Waals surface area contributed by atoms with Gasteiger partial charge >= 0.3 is 0 Å². The van der Waals surface area contributed by atoms with E-state index >= 15 is 0 Å². The Morgan fingerprint density at radius 3 is 2.88 bits per heavy atom. The predicted molar refractivity (Wildman–Crippen MR) is 68.9 cm³/mol.